The number of rotatable bonds is 9. The summed E-state index contributed by atoms with van der Waals surface area (Å²) in [6.07, 6.45) is -2.84. The number of hydrogen-bond donors (Lipinski definition) is 4. The molecule has 2 saturated heterocycles. The second-order valence-corrected chi connectivity index (χ2v) is 12.2. The predicted molar refractivity (Wildman–Crippen MR) is 151 cm³/mol. The van der Waals surface area contributed by atoms with Gasteiger partial charge < -0.3 is 34.8 Å². The van der Waals surface area contributed by atoms with E-state index in [1.807, 2.05) is 30.3 Å². The van der Waals surface area contributed by atoms with Crippen molar-refractivity contribution in [3.8, 4) is 11.3 Å². The molecule has 5 rings (SSSR count). The summed E-state index contributed by atoms with van der Waals surface area (Å²) in [5.74, 6) is -4.94. The van der Waals surface area contributed by atoms with Gasteiger partial charge in [0.1, 0.15) is 40.7 Å². The van der Waals surface area contributed by atoms with Crippen molar-refractivity contribution in [2.24, 2.45) is 0 Å². The van der Waals surface area contributed by atoms with E-state index in [9.17, 15) is 38.4 Å². The van der Waals surface area contributed by atoms with Crippen LogP contribution in [0.4, 0.5) is 13.2 Å². The number of aromatic nitrogens is 3. The van der Waals surface area contributed by atoms with E-state index >= 15 is 0 Å². The molecule has 238 valence electrons. The van der Waals surface area contributed by atoms with Crippen LogP contribution >= 0.6 is 11.8 Å². The first-order valence-corrected chi connectivity index (χ1v) is 14.9. The fraction of sp³-hybridized carbons (Fsp3) is 0.483. The molecule has 2 aliphatic rings. The Bertz CT molecular complexity index is 1420. The Labute approximate surface area is 255 Å². The Balaban J connectivity index is 1.43. The van der Waals surface area contributed by atoms with Gasteiger partial charge in [-0.1, -0.05) is 35.5 Å². The maximum absolute atomic E-state index is 13.9. The zero-order valence-electron chi connectivity index (χ0n) is 23.7. The van der Waals surface area contributed by atoms with Gasteiger partial charge in [0.05, 0.1) is 18.4 Å². The minimum absolute atomic E-state index is 0.0782. The van der Waals surface area contributed by atoms with Crippen LogP contribution in [0, 0.1) is 17.5 Å². The summed E-state index contributed by atoms with van der Waals surface area (Å²) in [5, 5.41) is 50.8. The molecule has 2 aromatic carbocycles. The van der Waals surface area contributed by atoms with Gasteiger partial charge >= 0.3 is 0 Å². The van der Waals surface area contributed by atoms with Gasteiger partial charge in [-0.15, -0.1) is 16.9 Å². The highest BCUT2D eigenvalue weighted by atomic mass is 32.2. The molecule has 3 aromatic rings. The molecule has 44 heavy (non-hydrogen) atoms. The van der Waals surface area contributed by atoms with Crippen LogP contribution in [0.5, 0.6) is 0 Å². The molecular formula is C29H33F3N4O7S. The molecule has 4 N–H and O–H groups in total. The van der Waals surface area contributed by atoms with Gasteiger partial charge in [0.15, 0.2) is 17.5 Å². The molecule has 1 unspecified atom stereocenters. The number of benzene rings is 2. The van der Waals surface area contributed by atoms with E-state index in [2.05, 4.69) is 10.3 Å². The van der Waals surface area contributed by atoms with Gasteiger partial charge in [-0.25, -0.2) is 17.9 Å². The minimum Gasteiger partial charge on any atom is -0.394 e. The summed E-state index contributed by atoms with van der Waals surface area (Å²) >= 11 is 0.861. The number of thioether (sulfide) groups is 1. The molecule has 0 bridgehead atoms. The lowest BCUT2D eigenvalue weighted by molar-refractivity contribution is -0.179. The zero-order valence-corrected chi connectivity index (χ0v) is 24.5. The molecule has 2 fully saturated rings. The van der Waals surface area contributed by atoms with Gasteiger partial charge in [-0.3, -0.25) is 4.79 Å². The van der Waals surface area contributed by atoms with Crippen molar-refractivity contribution in [1.82, 2.24) is 19.9 Å². The summed E-state index contributed by atoms with van der Waals surface area (Å²) in [6, 6.07) is 9.44. The Kier molecular flexibility index (Phi) is 9.94. The van der Waals surface area contributed by atoms with Crippen LogP contribution in [0.3, 0.4) is 0 Å². The van der Waals surface area contributed by atoms with E-state index in [1.54, 1.807) is 7.05 Å². The molecule has 1 amide bonds. The molecule has 3 heterocycles. The largest absolute Gasteiger partial charge is 0.394 e. The lowest BCUT2D eigenvalue weighted by atomic mass is 9.89. The number of carbonyl (C=O) groups excluding carboxylic acids is 1. The Hall–Kier alpha value is -3.05. The topological polar surface area (TPSA) is 150 Å². The summed E-state index contributed by atoms with van der Waals surface area (Å²) in [6.45, 7) is 0.0147. The predicted octanol–water partition coefficient (Wildman–Crippen LogP) is 1.64. The molecule has 0 spiro atoms. The van der Waals surface area contributed by atoms with Crippen molar-refractivity contribution in [2.75, 3.05) is 26.9 Å². The number of halogens is 3. The SMILES string of the molecule is CN(Cc1ccccc1)C(=O)C(S[C@@H]1O[C@H](CO)[C@H](O)[C@H](n2cc(-c3cc(F)c(F)c(F)c3)nn2)[C@H]1O)C1(O)CCOCC1. The molecule has 2 aliphatic heterocycles. The smallest absolute Gasteiger partial charge is 0.238 e. The van der Waals surface area contributed by atoms with E-state index in [1.165, 1.54) is 11.1 Å². The van der Waals surface area contributed by atoms with Crippen LogP contribution in [-0.2, 0) is 20.8 Å². The van der Waals surface area contributed by atoms with Gasteiger partial charge in [-0.2, -0.15) is 0 Å². The van der Waals surface area contributed by atoms with Crippen LogP contribution in [0.2, 0.25) is 0 Å². The fourth-order valence-corrected chi connectivity index (χ4v) is 7.00. The van der Waals surface area contributed by atoms with Crippen molar-refractivity contribution in [2.45, 2.75) is 60.0 Å². The maximum Gasteiger partial charge on any atom is 0.238 e. The number of aliphatic hydroxyl groups excluding tert-OH is 3. The highest BCUT2D eigenvalue weighted by molar-refractivity contribution is 8.01. The summed E-state index contributed by atoms with van der Waals surface area (Å²) < 4.78 is 53.5. The Morgan fingerprint density at radius 2 is 1.80 bits per heavy atom. The third-order valence-corrected chi connectivity index (χ3v) is 9.49. The number of carbonyl (C=O) groups is 1. The van der Waals surface area contributed by atoms with Gasteiger partial charge in [0, 0.05) is 45.2 Å². The average molecular weight is 639 g/mol. The number of amides is 1. The van der Waals surface area contributed by atoms with E-state index in [4.69, 9.17) is 9.47 Å². The van der Waals surface area contributed by atoms with Gasteiger partial charge in [-0.05, 0) is 17.7 Å². The number of hydrogen-bond acceptors (Lipinski definition) is 10. The normalized spacial score (nSPS) is 25.9. The average Bonchev–Trinajstić information content (AvgIpc) is 3.49. The molecule has 6 atom stereocenters. The van der Waals surface area contributed by atoms with Crippen LogP contribution in [0.1, 0.15) is 24.4 Å². The summed E-state index contributed by atoms with van der Waals surface area (Å²) in [7, 11) is 1.60. The van der Waals surface area contributed by atoms with Crippen LogP contribution in [-0.4, -0.2) is 108 Å². The first-order valence-electron chi connectivity index (χ1n) is 14.0. The highest BCUT2D eigenvalue weighted by Gasteiger charge is 2.51. The molecular weight excluding hydrogens is 605 g/mol. The maximum atomic E-state index is 13.9. The quantitative estimate of drug-likeness (QED) is 0.255. The standard InChI is InChI=1S/C29H33F3N4O7S/c1-35(13-16-5-3-2-4-6-16)27(40)26(29(41)7-9-42-10-8-29)44-28-25(39)23(24(38)21(15-37)43-28)36-14-20(33-34-36)17-11-18(30)22(32)19(31)12-17/h2-6,11-12,14,21,23-26,28,37-39,41H,7-10,13,15H2,1H3/t21-,23+,24+,25-,26?,28+/m1/s1. The van der Waals surface area contributed by atoms with Crippen molar-refractivity contribution in [1.29, 1.82) is 0 Å². The molecule has 1 aromatic heterocycles. The summed E-state index contributed by atoms with van der Waals surface area (Å²) in [4.78, 5) is 15.4. The molecule has 15 heteroatoms. The minimum atomic E-state index is -1.65. The first kappa shape index (κ1) is 32.3. The second-order valence-electron chi connectivity index (χ2n) is 10.9. The monoisotopic (exact) mass is 638 g/mol. The van der Waals surface area contributed by atoms with E-state index in [0.717, 1.165) is 34.1 Å². The fourth-order valence-electron chi connectivity index (χ4n) is 5.42. The third-order valence-electron chi connectivity index (χ3n) is 7.92. The van der Waals surface area contributed by atoms with Gasteiger partial charge in [0.25, 0.3) is 0 Å². The lowest BCUT2D eigenvalue weighted by Crippen LogP contribution is -2.58. The second kappa shape index (κ2) is 13.5. The third kappa shape index (κ3) is 6.63. The van der Waals surface area contributed by atoms with Gasteiger partial charge in [0.2, 0.25) is 5.91 Å². The zero-order chi connectivity index (χ0) is 31.6. The van der Waals surface area contributed by atoms with Crippen LogP contribution in [0.15, 0.2) is 48.7 Å². The number of aliphatic hydroxyl groups is 4. The first-order chi connectivity index (χ1) is 21.0. The number of nitrogens with zero attached hydrogens (tertiary/aromatic N) is 4. The van der Waals surface area contributed by atoms with E-state index in [0.29, 0.717) is 0 Å². The lowest BCUT2D eigenvalue weighted by Gasteiger charge is -2.45. The van der Waals surface area contributed by atoms with Crippen LogP contribution < -0.4 is 0 Å². The van der Waals surface area contributed by atoms with Crippen LogP contribution in [0.25, 0.3) is 11.3 Å². The highest BCUT2D eigenvalue weighted by Crippen LogP contribution is 2.42. The number of ether oxygens (including phenoxy) is 2. The van der Waals surface area contributed by atoms with Crippen molar-refractivity contribution < 1.29 is 47.9 Å². The summed E-state index contributed by atoms with van der Waals surface area (Å²) in [5.41, 5.74) is -2.12. The molecule has 0 saturated carbocycles. The van der Waals surface area contributed by atoms with E-state index in [-0.39, 0.29) is 43.9 Å². The molecule has 0 radical (unpaired) electrons. The van der Waals surface area contributed by atoms with Crippen molar-refractivity contribution >= 4 is 17.7 Å². The molecule has 0 aliphatic carbocycles. The molecule has 11 nitrogen and oxygen atoms in total. The van der Waals surface area contributed by atoms with Crippen molar-refractivity contribution in [3.63, 3.8) is 0 Å². The van der Waals surface area contributed by atoms with E-state index < -0.39 is 70.6 Å². The Morgan fingerprint density at radius 3 is 2.43 bits per heavy atom. The Morgan fingerprint density at radius 1 is 1.14 bits per heavy atom. The van der Waals surface area contributed by atoms with Crippen molar-refractivity contribution in [3.05, 3.63) is 71.7 Å².